The van der Waals surface area contributed by atoms with Gasteiger partial charge in [-0.05, 0) is 32.1 Å². The summed E-state index contributed by atoms with van der Waals surface area (Å²) in [6.45, 7) is 10.3. The van der Waals surface area contributed by atoms with Gasteiger partial charge in [0.25, 0.3) is 0 Å². The Kier molecular flexibility index (Phi) is 1.85. The van der Waals surface area contributed by atoms with Gasteiger partial charge in [0.1, 0.15) is 6.10 Å². The Morgan fingerprint density at radius 1 is 1.33 bits per heavy atom. The number of carbonyl (C=O) groups excluding carboxylic acids is 1. The number of fused-ring (bicyclic) bond motifs is 5. The molecule has 0 aromatic carbocycles. The van der Waals surface area contributed by atoms with E-state index in [9.17, 15) is 4.79 Å². The van der Waals surface area contributed by atoms with Crippen molar-refractivity contribution in [3.8, 4) is 0 Å². The predicted octanol–water partition coefficient (Wildman–Crippen LogP) is 2.23. The van der Waals surface area contributed by atoms with E-state index in [1.54, 1.807) is 0 Å². The van der Waals surface area contributed by atoms with Gasteiger partial charge in [-0.15, -0.1) is 0 Å². The van der Waals surface area contributed by atoms with Gasteiger partial charge in [0.2, 0.25) is 0 Å². The maximum Gasteiger partial charge on any atom is 0.334 e. The van der Waals surface area contributed by atoms with Crippen LogP contribution in [0.3, 0.4) is 0 Å². The third kappa shape index (κ3) is 1.11. The van der Waals surface area contributed by atoms with Crippen molar-refractivity contribution in [2.24, 2.45) is 17.8 Å². The van der Waals surface area contributed by atoms with Crippen molar-refractivity contribution in [2.75, 3.05) is 0 Å². The molecule has 2 saturated carbocycles. The number of ether oxygens (including phenoxy) is 2. The average molecular weight is 246 g/mol. The second-order valence-electron chi connectivity index (χ2n) is 6.36. The Hall–Kier alpha value is -1.09. The van der Waals surface area contributed by atoms with Crippen LogP contribution < -0.4 is 0 Å². The highest BCUT2D eigenvalue weighted by Gasteiger charge is 2.70. The SMILES string of the molecule is C=C1C(=O)O[C@@H]2[C@@H]3[C@@H](C[C@@H]4O[C@@]34C)C(=C)CC[C@@H]12. The van der Waals surface area contributed by atoms with E-state index in [1.807, 2.05) is 0 Å². The zero-order valence-corrected chi connectivity index (χ0v) is 10.6. The number of rotatable bonds is 0. The fraction of sp³-hybridized carbons (Fsp3) is 0.667. The van der Waals surface area contributed by atoms with Crippen molar-refractivity contribution in [2.45, 2.75) is 44.0 Å². The minimum Gasteiger partial charge on any atom is -0.458 e. The Balaban J connectivity index is 1.77. The highest BCUT2D eigenvalue weighted by atomic mass is 16.6. The van der Waals surface area contributed by atoms with E-state index >= 15 is 0 Å². The second kappa shape index (κ2) is 3.08. The molecule has 0 spiro atoms. The van der Waals surface area contributed by atoms with E-state index < -0.39 is 0 Å². The van der Waals surface area contributed by atoms with Crippen LogP contribution in [0.2, 0.25) is 0 Å². The number of hydrogen-bond donors (Lipinski definition) is 0. The van der Waals surface area contributed by atoms with E-state index in [1.165, 1.54) is 5.57 Å². The monoisotopic (exact) mass is 246 g/mol. The Morgan fingerprint density at radius 3 is 2.89 bits per heavy atom. The predicted molar refractivity (Wildman–Crippen MR) is 65.8 cm³/mol. The molecule has 0 radical (unpaired) electrons. The zero-order chi connectivity index (χ0) is 12.7. The number of carbonyl (C=O) groups is 1. The fourth-order valence-corrected chi connectivity index (χ4v) is 4.42. The standard InChI is InChI=1S/C15H18O3/c1-7-4-5-9-8(2)14(16)17-13(9)12-10(7)6-11-15(12,3)18-11/h9-13H,1-2,4-6H2,3H3/t9-,10-,11-,12-,13-,15+/m0/s1. The lowest BCUT2D eigenvalue weighted by Gasteiger charge is -2.30. The van der Waals surface area contributed by atoms with Crippen LogP contribution in [0.5, 0.6) is 0 Å². The summed E-state index contributed by atoms with van der Waals surface area (Å²) < 4.78 is 11.5. The summed E-state index contributed by atoms with van der Waals surface area (Å²) >= 11 is 0. The molecule has 0 aromatic rings. The zero-order valence-electron chi connectivity index (χ0n) is 10.6. The Labute approximate surface area is 107 Å². The second-order valence-corrected chi connectivity index (χ2v) is 6.36. The molecule has 6 atom stereocenters. The summed E-state index contributed by atoms with van der Waals surface area (Å²) in [6.07, 6.45) is 3.29. The van der Waals surface area contributed by atoms with Gasteiger partial charge in [-0.3, -0.25) is 0 Å². The third-order valence-corrected chi connectivity index (χ3v) is 5.55. The van der Waals surface area contributed by atoms with Gasteiger partial charge in [-0.2, -0.15) is 0 Å². The highest BCUT2D eigenvalue weighted by Crippen LogP contribution is 2.63. The van der Waals surface area contributed by atoms with Gasteiger partial charge in [0.15, 0.2) is 0 Å². The van der Waals surface area contributed by atoms with E-state index in [0.717, 1.165) is 19.3 Å². The lowest BCUT2D eigenvalue weighted by atomic mass is 9.78. The maximum absolute atomic E-state index is 11.8. The average Bonchev–Trinajstić information content (AvgIpc) is 2.82. The molecule has 4 aliphatic rings. The molecule has 3 nitrogen and oxygen atoms in total. The quantitative estimate of drug-likeness (QED) is 0.285. The molecule has 0 N–H and O–H groups in total. The van der Waals surface area contributed by atoms with E-state index in [2.05, 4.69) is 20.1 Å². The number of esters is 1. The molecule has 2 heterocycles. The topological polar surface area (TPSA) is 38.8 Å². The lowest BCUT2D eigenvalue weighted by Crippen LogP contribution is -2.37. The van der Waals surface area contributed by atoms with Crippen LogP contribution in [0, 0.1) is 17.8 Å². The van der Waals surface area contributed by atoms with Crippen LogP contribution in [0.25, 0.3) is 0 Å². The molecule has 0 amide bonds. The van der Waals surface area contributed by atoms with Gasteiger partial charge >= 0.3 is 5.97 Å². The van der Waals surface area contributed by atoms with Crippen molar-refractivity contribution < 1.29 is 14.3 Å². The lowest BCUT2D eigenvalue weighted by molar-refractivity contribution is -0.143. The number of allylic oxidation sites excluding steroid dienone is 1. The molecule has 0 unspecified atom stereocenters. The maximum atomic E-state index is 11.8. The minimum absolute atomic E-state index is 0.0354. The number of hydrogen-bond acceptors (Lipinski definition) is 3. The molecule has 2 aliphatic heterocycles. The molecule has 18 heavy (non-hydrogen) atoms. The number of epoxide rings is 1. The van der Waals surface area contributed by atoms with E-state index in [-0.39, 0.29) is 29.5 Å². The van der Waals surface area contributed by atoms with Gasteiger partial charge in [-0.1, -0.05) is 18.7 Å². The highest BCUT2D eigenvalue weighted by molar-refractivity contribution is 5.90. The van der Waals surface area contributed by atoms with Crippen molar-refractivity contribution in [1.29, 1.82) is 0 Å². The first-order valence-corrected chi connectivity index (χ1v) is 6.77. The molecule has 4 fully saturated rings. The third-order valence-electron chi connectivity index (χ3n) is 5.55. The van der Waals surface area contributed by atoms with Crippen LogP contribution in [0.1, 0.15) is 26.2 Å². The molecular formula is C15H18O3. The first-order chi connectivity index (χ1) is 8.52. The minimum atomic E-state index is -0.205. The summed E-state index contributed by atoms with van der Waals surface area (Å²) in [7, 11) is 0. The van der Waals surface area contributed by atoms with E-state index in [4.69, 9.17) is 9.47 Å². The molecule has 2 saturated heterocycles. The first kappa shape index (κ1) is 10.8. The summed E-state index contributed by atoms with van der Waals surface area (Å²) in [5.74, 6) is 0.709. The largest absolute Gasteiger partial charge is 0.458 e. The van der Waals surface area contributed by atoms with Gasteiger partial charge in [0, 0.05) is 17.4 Å². The summed E-state index contributed by atoms with van der Waals surface area (Å²) in [5, 5.41) is 0. The smallest absolute Gasteiger partial charge is 0.334 e. The van der Waals surface area contributed by atoms with Crippen LogP contribution >= 0.6 is 0 Å². The van der Waals surface area contributed by atoms with Gasteiger partial charge in [-0.25, -0.2) is 4.79 Å². The molecule has 0 bridgehead atoms. The van der Waals surface area contributed by atoms with Gasteiger partial charge in [0.05, 0.1) is 11.7 Å². The Morgan fingerprint density at radius 2 is 2.11 bits per heavy atom. The first-order valence-electron chi connectivity index (χ1n) is 6.77. The molecule has 3 heteroatoms. The molecule has 2 aliphatic carbocycles. The Bertz CT molecular complexity index is 480. The summed E-state index contributed by atoms with van der Waals surface area (Å²) in [5.41, 5.74) is 1.88. The van der Waals surface area contributed by atoms with Crippen LogP contribution in [0.4, 0.5) is 0 Å². The molecule has 0 aromatic heterocycles. The molecule has 4 rings (SSSR count). The fourth-order valence-electron chi connectivity index (χ4n) is 4.42. The van der Waals surface area contributed by atoms with Crippen molar-refractivity contribution >= 4 is 5.97 Å². The van der Waals surface area contributed by atoms with Crippen molar-refractivity contribution in [1.82, 2.24) is 0 Å². The van der Waals surface area contributed by atoms with Crippen LogP contribution in [-0.2, 0) is 14.3 Å². The summed E-state index contributed by atoms with van der Waals surface area (Å²) in [6, 6.07) is 0. The van der Waals surface area contributed by atoms with Crippen LogP contribution in [-0.4, -0.2) is 23.8 Å². The molecule has 96 valence electrons. The van der Waals surface area contributed by atoms with Crippen LogP contribution in [0.15, 0.2) is 24.3 Å². The van der Waals surface area contributed by atoms with Crippen molar-refractivity contribution in [3.63, 3.8) is 0 Å². The normalized spacial score (nSPS) is 53.4. The molecular weight excluding hydrogens is 228 g/mol. The van der Waals surface area contributed by atoms with Gasteiger partial charge < -0.3 is 9.47 Å². The van der Waals surface area contributed by atoms with E-state index in [0.29, 0.717) is 17.6 Å². The summed E-state index contributed by atoms with van der Waals surface area (Å²) in [4.78, 5) is 11.8. The van der Waals surface area contributed by atoms with Crippen molar-refractivity contribution in [3.05, 3.63) is 24.3 Å².